The van der Waals surface area contributed by atoms with E-state index >= 15 is 0 Å². The van der Waals surface area contributed by atoms with Crippen molar-refractivity contribution in [3.05, 3.63) is 29.8 Å². The molecule has 9 heteroatoms. The lowest BCUT2D eigenvalue weighted by molar-refractivity contribution is -0.140. The van der Waals surface area contributed by atoms with E-state index in [9.17, 15) is 26.4 Å². The third kappa shape index (κ3) is 4.86. The van der Waals surface area contributed by atoms with Gasteiger partial charge in [-0.2, -0.15) is 17.5 Å². The standard InChI is InChI=1S/C19H27F3N2O3S/c1-13(2)24(14(3)4)18(25)15-8-10-23(11-9-15)28(26,27)17-7-5-6-16(12-17)19(20,21)22/h5-7,12-15H,8-11H2,1-4H3. The highest BCUT2D eigenvalue weighted by molar-refractivity contribution is 7.89. The molecule has 1 heterocycles. The second-order valence-electron chi connectivity index (χ2n) is 7.64. The molecule has 0 bridgehead atoms. The molecule has 0 aromatic heterocycles. The van der Waals surface area contributed by atoms with E-state index in [1.54, 1.807) is 4.90 Å². The molecule has 28 heavy (non-hydrogen) atoms. The molecule has 1 saturated heterocycles. The van der Waals surface area contributed by atoms with Gasteiger partial charge in [0, 0.05) is 31.1 Å². The Bertz CT molecular complexity index is 791. The van der Waals surface area contributed by atoms with Crippen LogP contribution in [0.1, 0.15) is 46.1 Å². The fourth-order valence-corrected chi connectivity index (χ4v) is 5.16. The number of nitrogens with zero attached hydrogens (tertiary/aromatic N) is 2. The van der Waals surface area contributed by atoms with Gasteiger partial charge >= 0.3 is 6.18 Å². The molecular formula is C19H27F3N2O3S. The van der Waals surface area contributed by atoms with Gasteiger partial charge in [-0.1, -0.05) is 6.07 Å². The Hall–Kier alpha value is -1.61. The van der Waals surface area contributed by atoms with Gasteiger partial charge in [-0.05, 0) is 58.7 Å². The number of piperidine rings is 1. The van der Waals surface area contributed by atoms with E-state index in [2.05, 4.69) is 0 Å². The van der Waals surface area contributed by atoms with E-state index in [4.69, 9.17) is 0 Å². The highest BCUT2D eigenvalue weighted by Crippen LogP contribution is 2.32. The summed E-state index contributed by atoms with van der Waals surface area (Å²) in [6.45, 7) is 7.96. The number of carbonyl (C=O) groups is 1. The minimum Gasteiger partial charge on any atom is -0.338 e. The molecule has 5 nitrogen and oxygen atoms in total. The van der Waals surface area contributed by atoms with E-state index in [1.165, 1.54) is 10.4 Å². The van der Waals surface area contributed by atoms with Gasteiger partial charge in [-0.15, -0.1) is 0 Å². The molecule has 0 aliphatic carbocycles. The predicted molar refractivity (Wildman–Crippen MR) is 100 cm³/mol. The molecule has 1 amide bonds. The second kappa shape index (κ2) is 8.41. The van der Waals surface area contributed by atoms with E-state index in [1.807, 2.05) is 27.7 Å². The SMILES string of the molecule is CC(C)N(C(=O)C1CCN(S(=O)(=O)c2cccc(C(F)(F)F)c2)CC1)C(C)C. The Morgan fingerprint density at radius 2 is 1.64 bits per heavy atom. The Morgan fingerprint density at radius 1 is 1.11 bits per heavy atom. The van der Waals surface area contributed by atoms with Crippen LogP contribution >= 0.6 is 0 Å². The number of halogens is 3. The van der Waals surface area contributed by atoms with Gasteiger partial charge in [0.1, 0.15) is 0 Å². The van der Waals surface area contributed by atoms with Crippen molar-refractivity contribution < 1.29 is 26.4 Å². The number of benzene rings is 1. The molecule has 1 aliphatic heterocycles. The molecule has 0 atom stereocenters. The van der Waals surface area contributed by atoms with Crippen molar-refractivity contribution in [3.8, 4) is 0 Å². The van der Waals surface area contributed by atoms with Crippen LogP contribution in [0.3, 0.4) is 0 Å². The third-order valence-electron chi connectivity index (χ3n) is 4.97. The molecular weight excluding hydrogens is 393 g/mol. The Balaban J connectivity index is 2.13. The van der Waals surface area contributed by atoms with Gasteiger partial charge in [0.2, 0.25) is 15.9 Å². The fraction of sp³-hybridized carbons (Fsp3) is 0.632. The zero-order valence-electron chi connectivity index (χ0n) is 16.5. The molecule has 158 valence electrons. The van der Waals surface area contributed by atoms with Crippen molar-refractivity contribution in [2.24, 2.45) is 5.92 Å². The minimum absolute atomic E-state index is 0.00103. The van der Waals surface area contributed by atoms with E-state index in [0.29, 0.717) is 18.9 Å². The summed E-state index contributed by atoms with van der Waals surface area (Å²) in [6.07, 6.45) is -3.90. The van der Waals surface area contributed by atoms with E-state index < -0.39 is 21.8 Å². The first-order valence-corrected chi connectivity index (χ1v) is 10.8. The first-order chi connectivity index (χ1) is 12.9. The van der Waals surface area contributed by atoms with Gasteiger partial charge in [0.25, 0.3) is 0 Å². The van der Waals surface area contributed by atoms with Crippen LogP contribution in [-0.2, 0) is 21.0 Å². The summed E-state index contributed by atoms with van der Waals surface area (Å²) >= 11 is 0. The molecule has 2 rings (SSSR count). The molecule has 1 aromatic rings. The van der Waals surface area contributed by atoms with Crippen LogP contribution < -0.4 is 0 Å². The van der Waals surface area contributed by atoms with Crippen molar-refractivity contribution in [1.29, 1.82) is 0 Å². The van der Waals surface area contributed by atoms with Gasteiger partial charge in [0.15, 0.2) is 0 Å². The lowest BCUT2D eigenvalue weighted by Crippen LogP contribution is -2.48. The summed E-state index contributed by atoms with van der Waals surface area (Å²) in [6, 6.07) is 3.84. The number of hydrogen-bond donors (Lipinski definition) is 0. The number of rotatable bonds is 5. The van der Waals surface area contributed by atoms with E-state index in [-0.39, 0.29) is 41.9 Å². The summed E-state index contributed by atoms with van der Waals surface area (Å²) in [5, 5.41) is 0. The van der Waals surface area contributed by atoms with Crippen LogP contribution in [0.15, 0.2) is 29.2 Å². The molecule has 1 fully saturated rings. The predicted octanol–water partition coefficient (Wildman–Crippen LogP) is 3.75. The number of hydrogen-bond acceptors (Lipinski definition) is 3. The van der Waals surface area contributed by atoms with Crippen LogP contribution in [0, 0.1) is 5.92 Å². The van der Waals surface area contributed by atoms with Crippen LogP contribution in [0.2, 0.25) is 0 Å². The Kier molecular flexibility index (Phi) is 6.81. The number of carbonyl (C=O) groups excluding carboxylic acids is 1. The maximum atomic E-state index is 12.9. The smallest absolute Gasteiger partial charge is 0.338 e. The average molecular weight is 420 g/mol. The zero-order chi connectivity index (χ0) is 21.3. The molecule has 1 aliphatic rings. The first-order valence-electron chi connectivity index (χ1n) is 9.35. The summed E-state index contributed by atoms with van der Waals surface area (Å²) < 4.78 is 65.4. The van der Waals surface area contributed by atoms with Crippen LogP contribution in [0.4, 0.5) is 13.2 Å². The van der Waals surface area contributed by atoms with Crippen molar-refractivity contribution >= 4 is 15.9 Å². The molecule has 0 radical (unpaired) electrons. The summed E-state index contributed by atoms with van der Waals surface area (Å²) in [7, 11) is -4.04. The Morgan fingerprint density at radius 3 is 2.11 bits per heavy atom. The lowest BCUT2D eigenvalue weighted by atomic mass is 9.95. The normalized spacial score (nSPS) is 17.3. The molecule has 1 aromatic carbocycles. The number of amides is 1. The first kappa shape index (κ1) is 22.7. The monoisotopic (exact) mass is 420 g/mol. The summed E-state index contributed by atoms with van der Waals surface area (Å²) in [5.41, 5.74) is -0.997. The Labute approximate surface area is 164 Å². The summed E-state index contributed by atoms with van der Waals surface area (Å²) in [4.78, 5) is 14.2. The highest BCUT2D eigenvalue weighted by atomic mass is 32.2. The van der Waals surface area contributed by atoms with Crippen molar-refractivity contribution in [2.45, 2.75) is 63.7 Å². The van der Waals surface area contributed by atoms with Crippen LogP contribution in [0.25, 0.3) is 0 Å². The maximum Gasteiger partial charge on any atom is 0.416 e. The fourth-order valence-electron chi connectivity index (χ4n) is 3.64. The van der Waals surface area contributed by atoms with Gasteiger partial charge in [-0.3, -0.25) is 4.79 Å². The van der Waals surface area contributed by atoms with Gasteiger partial charge in [-0.25, -0.2) is 8.42 Å². The van der Waals surface area contributed by atoms with Crippen molar-refractivity contribution in [1.82, 2.24) is 9.21 Å². The van der Waals surface area contributed by atoms with Gasteiger partial charge < -0.3 is 4.90 Å². The van der Waals surface area contributed by atoms with Crippen LogP contribution in [-0.4, -0.2) is 48.7 Å². The average Bonchev–Trinajstić information content (AvgIpc) is 2.60. The minimum atomic E-state index is -4.61. The number of alkyl halides is 3. The van der Waals surface area contributed by atoms with Crippen molar-refractivity contribution in [3.63, 3.8) is 0 Å². The molecule has 0 N–H and O–H groups in total. The van der Waals surface area contributed by atoms with Gasteiger partial charge in [0.05, 0.1) is 10.5 Å². The van der Waals surface area contributed by atoms with Crippen LogP contribution in [0.5, 0.6) is 0 Å². The summed E-state index contributed by atoms with van der Waals surface area (Å²) in [5.74, 6) is -0.279. The topological polar surface area (TPSA) is 57.7 Å². The maximum absolute atomic E-state index is 12.9. The highest BCUT2D eigenvalue weighted by Gasteiger charge is 2.36. The second-order valence-corrected chi connectivity index (χ2v) is 9.57. The van der Waals surface area contributed by atoms with E-state index in [0.717, 1.165) is 12.1 Å². The van der Waals surface area contributed by atoms with Crippen molar-refractivity contribution in [2.75, 3.05) is 13.1 Å². The third-order valence-corrected chi connectivity index (χ3v) is 6.86. The molecule has 0 saturated carbocycles. The zero-order valence-corrected chi connectivity index (χ0v) is 17.3. The molecule has 0 spiro atoms. The molecule has 0 unspecified atom stereocenters. The quantitative estimate of drug-likeness (QED) is 0.729. The lowest BCUT2D eigenvalue weighted by Gasteiger charge is -2.37. The largest absolute Gasteiger partial charge is 0.416 e. The number of sulfonamides is 1.